The molecule has 8 heteroatoms. The zero-order chi connectivity index (χ0) is 18.4. The van der Waals surface area contributed by atoms with Crippen LogP contribution in [-0.4, -0.2) is 37.3 Å². The van der Waals surface area contributed by atoms with E-state index in [0.29, 0.717) is 28.6 Å². The number of hydrogen-bond acceptors (Lipinski definition) is 5. The number of para-hydroxylation sites is 1. The quantitative estimate of drug-likeness (QED) is 0.695. The average molecular weight is 368 g/mol. The van der Waals surface area contributed by atoms with Crippen molar-refractivity contribution in [3.05, 3.63) is 46.4 Å². The van der Waals surface area contributed by atoms with Gasteiger partial charge in [0.1, 0.15) is 18.8 Å². The molecule has 0 radical (unpaired) electrons. The lowest BCUT2D eigenvalue weighted by molar-refractivity contribution is -0.136. The van der Waals surface area contributed by atoms with E-state index in [4.69, 9.17) is 30.6 Å². The molecule has 0 fully saturated rings. The lowest BCUT2D eigenvalue weighted by Gasteiger charge is -2.14. The van der Waals surface area contributed by atoms with Crippen molar-refractivity contribution in [3.63, 3.8) is 0 Å². The molecule has 25 heavy (non-hydrogen) atoms. The number of rotatable bonds is 8. The Hall–Kier alpha value is -2.51. The van der Waals surface area contributed by atoms with Gasteiger partial charge in [-0.25, -0.2) is 0 Å². The largest absolute Gasteiger partial charge is 0.487 e. The summed E-state index contributed by atoms with van der Waals surface area (Å²) in [6, 6.07) is 4.94. The maximum absolute atomic E-state index is 12.6. The van der Waals surface area contributed by atoms with Crippen LogP contribution in [-0.2, 0) is 16.0 Å². The van der Waals surface area contributed by atoms with Gasteiger partial charge in [0, 0.05) is 12.7 Å². The number of carboxylic acid groups (broad SMARTS) is 1. The van der Waals surface area contributed by atoms with Gasteiger partial charge in [0.15, 0.2) is 5.75 Å². The highest BCUT2D eigenvalue weighted by molar-refractivity contribution is 6.32. The SMILES string of the molecule is COCCOc1c(Cl)cccc1NC(=O)c1c(C)coc1CC(=O)O. The fraction of sp³-hybridized carbons (Fsp3) is 0.294. The van der Waals surface area contributed by atoms with Crippen molar-refractivity contribution in [3.8, 4) is 5.75 Å². The first-order valence-corrected chi connectivity index (χ1v) is 7.82. The molecule has 0 atom stereocenters. The average Bonchev–Trinajstić information content (AvgIpc) is 2.90. The van der Waals surface area contributed by atoms with Crippen LogP contribution in [0.5, 0.6) is 5.75 Å². The van der Waals surface area contributed by atoms with E-state index in [0.717, 1.165) is 0 Å². The van der Waals surface area contributed by atoms with Gasteiger partial charge in [-0.3, -0.25) is 9.59 Å². The molecule has 134 valence electrons. The van der Waals surface area contributed by atoms with Crippen LogP contribution in [0.25, 0.3) is 0 Å². The standard InChI is InChI=1S/C17H18ClNO6/c1-10-9-25-13(8-14(20)21)15(10)17(22)19-12-5-3-4-11(18)16(12)24-7-6-23-2/h3-5,9H,6-8H2,1-2H3,(H,19,22)(H,20,21). The van der Waals surface area contributed by atoms with Gasteiger partial charge in [0.2, 0.25) is 0 Å². The maximum Gasteiger partial charge on any atom is 0.311 e. The molecule has 0 unspecified atom stereocenters. The summed E-state index contributed by atoms with van der Waals surface area (Å²) in [5, 5.41) is 12.0. The Morgan fingerprint density at radius 1 is 1.32 bits per heavy atom. The zero-order valence-electron chi connectivity index (χ0n) is 13.8. The molecule has 2 aromatic rings. The topological polar surface area (TPSA) is 98.0 Å². The molecule has 2 N–H and O–H groups in total. The number of carbonyl (C=O) groups is 2. The predicted octanol–water partition coefficient (Wildman–Crippen LogP) is 3.15. The molecule has 1 heterocycles. The summed E-state index contributed by atoms with van der Waals surface area (Å²) in [6.45, 7) is 2.29. The Balaban J connectivity index is 2.25. The van der Waals surface area contributed by atoms with Crippen LogP contribution in [0.2, 0.25) is 5.02 Å². The number of nitrogens with one attached hydrogen (secondary N) is 1. The number of aryl methyl sites for hydroxylation is 1. The van der Waals surface area contributed by atoms with Gasteiger partial charge in [-0.05, 0) is 19.1 Å². The van der Waals surface area contributed by atoms with Crippen molar-refractivity contribution in [1.29, 1.82) is 0 Å². The van der Waals surface area contributed by atoms with Crippen LogP contribution in [0.15, 0.2) is 28.9 Å². The first-order chi connectivity index (χ1) is 11.9. The Bertz CT molecular complexity index is 770. The molecule has 0 aliphatic rings. The van der Waals surface area contributed by atoms with Crippen molar-refractivity contribution < 1.29 is 28.6 Å². The van der Waals surface area contributed by atoms with E-state index < -0.39 is 11.9 Å². The molecule has 0 bridgehead atoms. The summed E-state index contributed by atoms with van der Waals surface area (Å²) in [6.07, 6.45) is 0.963. The van der Waals surface area contributed by atoms with Crippen LogP contribution < -0.4 is 10.1 Å². The van der Waals surface area contributed by atoms with E-state index in [1.54, 1.807) is 32.2 Å². The van der Waals surface area contributed by atoms with Gasteiger partial charge in [-0.15, -0.1) is 0 Å². The lowest BCUT2D eigenvalue weighted by atomic mass is 10.1. The zero-order valence-corrected chi connectivity index (χ0v) is 14.6. The molecule has 1 aromatic carbocycles. The summed E-state index contributed by atoms with van der Waals surface area (Å²) in [5.41, 5.74) is 1.10. The van der Waals surface area contributed by atoms with E-state index in [9.17, 15) is 9.59 Å². The van der Waals surface area contributed by atoms with Gasteiger partial charge in [0.25, 0.3) is 5.91 Å². The van der Waals surface area contributed by atoms with Gasteiger partial charge < -0.3 is 24.3 Å². The molecule has 0 saturated heterocycles. The van der Waals surface area contributed by atoms with Crippen molar-refractivity contribution >= 4 is 29.2 Å². The van der Waals surface area contributed by atoms with Crippen molar-refractivity contribution in [2.24, 2.45) is 0 Å². The number of anilines is 1. The molecular weight excluding hydrogens is 350 g/mol. The highest BCUT2D eigenvalue weighted by Gasteiger charge is 2.22. The van der Waals surface area contributed by atoms with Gasteiger partial charge in [-0.1, -0.05) is 17.7 Å². The number of aliphatic carboxylic acids is 1. The van der Waals surface area contributed by atoms with Crippen molar-refractivity contribution in [2.45, 2.75) is 13.3 Å². The fourth-order valence-corrected chi connectivity index (χ4v) is 2.47. The Kier molecular flexibility index (Phi) is 6.44. The van der Waals surface area contributed by atoms with E-state index in [1.807, 2.05) is 0 Å². The smallest absolute Gasteiger partial charge is 0.311 e. The molecule has 0 aliphatic carbocycles. The molecule has 0 aliphatic heterocycles. The predicted molar refractivity (Wildman–Crippen MR) is 91.6 cm³/mol. The number of carbonyl (C=O) groups excluding carboxylic acids is 1. The van der Waals surface area contributed by atoms with Crippen LogP contribution in [0.1, 0.15) is 21.7 Å². The van der Waals surface area contributed by atoms with Gasteiger partial charge in [-0.2, -0.15) is 0 Å². The molecular formula is C17H18ClNO6. The van der Waals surface area contributed by atoms with E-state index >= 15 is 0 Å². The Morgan fingerprint density at radius 2 is 2.08 bits per heavy atom. The van der Waals surface area contributed by atoms with Crippen LogP contribution in [0.3, 0.4) is 0 Å². The maximum atomic E-state index is 12.6. The summed E-state index contributed by atoms with van der Waals surface area (Å²) in [7, 11) is 1.55. The number of benzene rings is 1. The number of hydrogen-bond donors (Lipinski definition) is 2. The number of carboxylic acids is 1. The summed E-state index contributed by atoms with van der Waals surface area (Å²) < 4.78 is 15.7. The first kappa shape index (κ1) is 18.8. The second-order valence-corrected chi connectivity index (χ2v) is 5.61. The number of furan rings is 1. The number of halogens is 1. The fourth-order valence-electron chi connectivity index (χ4n) is 2.24. The second kappa shape index (κ2) is 8.55. The monoisotopic (exact) mass is 367 g/mol. The number of amides is 1. The first-order valence-electron chi connectivity index (χ1n) is 7.44. The van der Waals surface area contributed by atoms with Crippen LogP contribution in [0, 0.1) is 6.92 Å². The van der Waals surface area contributed by atoms with Crippen LogP contribution in [0.4, 0.5) is 5.69 Å². The number of methoxy groups -OCH3 is 1. The molecule has 0 saturated carbocycles. The van der Waals surface area contributed by atoms with E-state index in [1.165, 1.54) is 6.26 Å². The third kappa shape index (κ3) is 4.74. The molecule has 1 aromatic heterocycles. The molecule has 0 spiro atoms. The third-order valence-corrected chi connectivity index (χ3v) is 3.64. The Labute approximate surface area is 149 Å². The normalized spacial score (nSPS) is 10.5. The Morgan fingerprint density at radius 3 is 2.76 bits per heavy atom. The highest BCUT2D eigenvalue weighted by atomic mass is 35.5. The van der Waals surface area contributed by atoms with E-state index in [2.05, 4.69) is 5.32 Å². The lowest BCUT2D eigenvalue weighted by Crippen LogP contribution is -2.16. The minimum absolute atomic E-state index is 0.0892. The van der Waals surface area contributed by atoms with Crippen molar-refractivity contribution in [2.75, 3.05) is 25.6 Å². The molecule has 2 rings (SSSR count). The third-order valence-electron chi connectivity index (χ3n) is 3.34. The second-order valence-electron chi connectivity index (χ2n) is 5.20. The number of ether oxygens (including phenoxy) is 2. The minimum Gasteiger partial charge on any atom is -0.487 e. The summed E-state index contributed by atoms with van der Waals surface area (Å²) in [5.74, 6) is -1.18. The van der Waals surface area contributed by atoms with Gasteiger partial charge >= 0.3 is 5.97 Å². The van der Waals surface area contributed by atoms with E-state index in [-0.39, 0.29) is 24.4 Å². The summed E-state index contributed by atoms with van der Waals surface area (Å²) >= 11 is 6.13. The molecule has 1 amide bonds. The van der Waals surface area contributed by atoms with Crippen LogP contribution >= 0.6 is 11.6 Å². The van der Waals surface area contributed by atoms with Gasteiger partial charge in [0.05, 0.1) is 29.1 Å². The highest BCUT2D eigenvalue weighted by Crippen LogP contribution is 2.33. The van der Waals surface area contributed by atoms with Crippen molar-refractivity contribution in [1.82, 2.24) is 0 Å². The molecule has 7 nitrogen and oxygen atoms in total. The summed E-state index contributed by atoms with van der Waals surface area (Å²) in [4.78, 5) is 23.5. The minimum atomic E-state index is -1.09.